The molecule has 0 aliphatic heterocycles. The molecule has 0 aromatic heterocycles. The van der Waals surface area contributed by atoms with Crippen LogP contribution in [-0.4, -0.2) is 39.4 Å². The molecule has 7 heteroatoms. The van der Waals surface area contributed by atoms with Gasteiger partial charge in [0.2, 0.25) is 0 Å². The molecule has 0 fully saturated rings. The second-order valence-corrected chi connectivity index (χ2v) is 7.54. The molecule has 0 atom stereocenters. The van der Waals surface area contributed by atoms with Crippen molar-refractivity contribution in [3.8, 4) is 0 Å². The van der Waals surface area contributed by atoms with Gasteiger partial charge in [-0.25, -0.2) is 0 Å². The minimum Gasteiger partial charge on any atom is -0.317 e. The van der Waals surface area contributed by atoms with E-state index >= 15 is 0 Å². The highest BCUT2D eigenvalue weighted by Gasteiger charge is 2.18. The maximum Gasteiger partial charge on any atom is 0.301 e. The lowest BCUT2D eigenvalue weighted by atomic mass is 10.2. The summed E-state index contributed by atoms with van der Waals surface area (Å²) in [7, 11) is -1.93. The quantitative estimate of drug-likeness (QED) is 0.650. The zero-order valence-corrected chi connectivity index (χ0v) is 15.2. The summed E-state index contributed by atoms with van der Waals surface area (Å²) >= 11 is 3.41. The van der Waals surface area contributed by atoms with Gasteiger partial charge in [0.1, 0.15) is 0 Å². The van der Waals surface area contributed by atoms with Gasteiger partial charge in [0.25, 0.3) is 0 Å². The normalized spacial score (nSPS) is 11.9. The van der Waals surface area contributed by atoms with Crippen LogP contribution in [-0.2, 0) is 10.2 Å². The molecule has 120 valence electrons. The molecule has 0 saturated carbocycles. The third kappa shape index (κ3) is 5.94. The fourth-order valence-electron chi connectivity index (χ4n) is 1.79. The van der Waals surface area contributed by atoms with Crippen LogP contribution in [0.25, 0.3) is 0 Å². The second-order valence-electron chi connectivity index (χ2n) is 4.97. The lowest BCUT2D eigenvalue weighted by Gasteiger charge is -2.19. The standard InChI is InChI=1S/C14H24BrN3O2S/c1-4-9-16-10-6-11-18(3)21(19,20)17-13-8-5-7-12(2)14(13)15/h5,7-8,16-17H,4,6,9-11H2,1-3H3. The average Bonchev–Trinajstić information content (AvgIpc) is 2.43. The predicted octanol–water partition coefficient (Wildman–Crippen LogP) is 2.74. The number of aryl methyl sites for hydroxylation is 1. The topological polar surface area (TPSA) is 61.4 Å². The summed E-state index contributed by atoms with van der Waals surface area (Å²) in [5.41, 5.74) is 1.55. The van der Waals surface area contributed by atoms with Crippen LogP contribution in [0.4, 0.5) is 5.69 Å². The first-order valence-electron chi connectivity index (χ1n) is 7.08. The molecule has 2 N–H and O–H groups in total. The highest BCUT2D eigenvalue weighted by atomic mass is 79.9. The number of nitrogens with zero attached hydrogens (tertiary/aromatic N) is 1. The van der Waals surface area contributed by atoms with Crippen LogP contribution in [0.5, 0.6) is 0 Å². The SMILES string of the molecule is CCCNCCCN(C)S(=O)(=O)Nc1cccc(C)c1Br. The van der Waals surface area contributed by atoms with Crippen LogP contribution >= 0.6 is 15.9 Å². The van der Waals surface area contributed by atoms with Gasteiger partial charge >= 0.3 is 10.2 Å². The van der Waals surface area contributed by atoms with E-state index in [1.54, 1.807) is 13.1 Å². The predicted molar refractivity (Wildman–Crippen MR) is 91.8 cm³/mol. The number of hydrogen-bond acceptors (Lipinski definition) is 3. The van der Waals surface area contributed by atoms with Gasteiger partial charge in [0.15, 0.2) is 0 Å². The van der Waals surface area contributed by atoms with Gasteiger partial charge in [-0.15, -0.1) is 0 Å². The Balaban J connectivity index is 2.58. The Morgan fingerprint density at radius 2 is 2.00 bits per heavy atom. The van der Waals surface area contributed by atoms with Crippen LogP contribution in [0.1, 0.15) is 25.3 Å². The Kier molecular flexibility index (Phi) is 7.65. The van der Waals surface area contributed by atoms with Crippen molar-refractivity contribution < 1.29 is 8.42 Å². The van der Waals surface area contributed by atoms with Crippen LogP contribution in [0, 0.1) is 6.92 Å². The molecule has 0 heterocycles. The number of benzene rings is 1. The number of rotatable bonds is 9. The van der Waals surface area contributed by atoms with E-state index in [-0.39, 0.29) is 0 Å². The number of anilines is 1. The summed E-state index contributed by atoms with van der Waals surface area (Å²) in [6, 6.07) is 5.49. The van der Waals surface area contributed by atoms with E-state index in [2.05, 4.69) is 32.9 Å². The van der Waals surface area contributed by atoms with Crippen molar-refractivity contribution in [3.63, 3.8) is 0 Å². The Bertz CT molecular complexity index is 549. The highest BCUT2D eigenvalue weighted by Crippen LogP contribution is 2.26. The first kappa shape index (κ1) is 18.4. The van der Waals surface area contributed by atoms with Crippen molar-refractivity contribution in [2.75, 3.05) is 31.4 Å². The van der Waals surface area contributed by atoms with E-state index in [4.69, 9.17) is 0 Å². The first-order valence-corrected chi connectivity index (χ1v) is 9.31. The minimum absolute atomic E-state index is 0.482. The largest absolute Gasteiger partial charge is 0.317 e. The third-order valence-corrected chi connectivity index (χ3v) is 5.63. The van der Waals surface area contributed by atoms with E-state index in [1.165, 1.54) is 4.31 Å². The van der Waals surface area contributed by atoms with Gasteiger partial charge in [-0.2, -0.15) is 12.7 Å². The molecule has 1 aromatic carbocycles. The molecular weight excluding hydrogens is 354 g/mol. The minimum atomic E-state index is -3.52. The Morgan fingerprint density at radius 1 is 1.29 bits per heavy atom. The van der Waals surface area contributed by atoms with Gasteiger partial charge in [0.05, 0.1) is 5.69 Å². The molecule has 0 amide bonds. The van der Waals surface area contributed by atoms with Gasteiger partial charge in [0, 0.05) is 18.1 Å². The number of halogens is 1. The van der Waals surface area contributed by atoms with Crippen molar-refractivity contribution in [2.45, 2.75) is 26.7 Å². The Morgan fingerprint density at radius 3 is 2.67 bits per heavy atom. The molecule has 21 heavy (non-hydrogen) atoms. The maximum atomic E-state index is 12.3. The van der Waals surface area contributed by atoms with Gasteiger partial charge < -0.3 is 5.32 Å². The fourth-order valence-corrected chi connectivity index (χ4v) is 3.26. The summed E-state index contributed by atoms with van der Waals surface area (Å²) in [5, 5.41) is 3.26. The molecule has 0 spiro atoms. The molecule has 0 radical (unpaired) electrons. The summed E-state index contributed by atoms with van der Waals surface area (Å²) in [4.78, 5) is 0. The number of nitrogens with one attached hydrogen (secondary N) is 2. The maximum absolute atomic E-state index is 12.3. The van der Waals surface area contributed by atoms with Crippen molar-refractivity contribution in [1.29, 1.82) is 0 Å². The molecule has 0 unspecified atom stereocenters. The Hall–Kier alpha value is -0.630. The molecule has 0 aliphatic rings. The Labute approximate surface area is 136 Å². The first-order chi connectivity index (χ1) is 9.88. The van der Waals surface area contributed by atoms with Crippen LogP contribution in [0.3, 0.4) is 0 Å². The summed E-state index contributed by atoms with van der Waals surface area (Å²) in [6.07, 6.45) is 1.86. The van der Waals surface area contributed by atoms with Crippen molar-refractivity contribution in [1.82, 2.24) is 9.62 Å². The zero-order chi connectivity index (χ0) is 15.9. The van der Waals surface area contributed by atoms with E-state index in [0.717, 1.165) is 36.0 Å². The van der Waals surface area contributed by atoms with Crippen LogP contribution in [0.2, 0.25) is 0 Å². The van der Waals surface area contributed by atoms with E-state index in [1.807, 2.05) is 19.1 Å². The second kappa shape index (κ2) is 8.73. The van der Waals surface area contributed by atoms with Crippen molar-refractivity contribution in [3.05, 3.63) is 28.2 Å². The summed E-state index contributed by atoms with van der Waals surface area (Å²) in [6.45, 7) is 6.29. The average molecular weight is 378 g/mol. The monoisotopic (exact) mass is 377 g/mol. The molecule has 1 aromatic rings. The summed E-state index contributed by atoms with van der Waals surface area (Å²) < 4.78 is 29.2. The van der Waals surface area contributed by atoms with Crippen LogP contribution < -0.4 is 10.0 Å². The smallest absolute Gasteiger partial charge is 0.301 e. The van der Waals surface area contributed by atoms with Gasteiger partial charge in [-0.05, 0) is 60.4 Å². The molecule has 0 saturated heterocycles. The fraction of sp³-hybridized carbons (Fsp3) is 0.571. The van der Waals surface area contributed by atoms with Gasteiger partial charge in [-0.1, -0.05) is 19.1 Å². The van der Waals surface area contributed by atoms with E-state index in [0.29, 0.717) is 12.2 Å². The molecule has 1 rings (SSSR count). The lowest BCUT2D eigenvalue weighted by Crippen LogP contribution is -2.34. The lowest BCUT2D eigenvalue weighted by molar-refractivity contribution is 0.458. The third-order valence-electron chi connectivity index (χ3n) is 3.09. The van der Waals surface area contributed by atoms with E-state index < -0.39 is 10.2 Å². The van der Waals surface area contributed by atoms with Crippen molar-refractivity contribution in [2.24, 2.45) is 0 Å². The van der Waals surface area contributed by atoms with E-state index in [9.17, 15) is 8.42 Å². The molecule has 5 nitrogen and oxygen atoms in total. The summed E-state index contributed by atoms with van der Waals surface area (Å²) in [5.74, 6) is 0. The van der Waals surface area contributed by atoms with Crippen LogP contribution in [0.15, 0.2) is 22.7 Å². The zero-order valence-electron chi connectivity index (χ0n) is 12.8. The molecule has 0 bridgehead atoms. The van der Waals surface area contributed by atoms with Gasteiger partial charge in [-0.3, -0.25) is 4.72 Å². The highest BCUT2D eigenvalue weighted by molar-refractivity contribution is 9.10. The number of hydrogen-bond donors (Lipinski definition) is 2. The molecular formula is C14H24BrN3O2S. The van der Waals surface area contributed by atoms with Crippen molar-refractivity contribution >= 4 is 31.8 Å². The molecule has 0 aliphatic carbocycles.